The normalized spacial score (nSPS) is 18.1. The van der Waals surface area contributed by atoms with Gasteiger partial charge in [-0.2, -0.15) is 0 Å². The third-order valence-electron chi connectivity index (χ3n) is 3.20. The van der Waals surface area contributed by atoms with E-state index in [2.05, 4.69) is 23.2 Å². The summed E-state index contributed by atoms with van der Waals surface area (Å²) < 4.78 is 0. The predicted molar refractivity (Wildman–Crippen MR) is 70.8 cm³/mol. The number of pyridine rings is 1. The number of nitrogens with zero attached hydrogens (tertiary/aromatic N) is 1. The molecule has 17 heavy (non-hydrogen) atoms. The summed E-state index contributed by atoms with van der Waals surface area (Å²) in [5.41, 5.74) is 4.58. The molecule has 0 amide bonds. The molecular weight excluding hydrogens is 253 g/mol. The molecule has 1 atom stereocenters. The van der Waals surface area contributed by atoms with Crippen molar-refractivity contribution >= 4 is 23.2 Å². The van der Waals surface area contributed by atoms with Crippen LogP contribution in [0.3, 0.4) is 0 Å². The van der Waals surface area contributed by atoms with E-state index in [1.807, 2.05) is 12.1 Å². The molecule has 1 heterocycles. The van der Waals surface area contributed by atoms with E-state index in [0.29, 0.717) is 5.02 Å². The average molecular weight is 264 g/mol. The molecule has 86 valence electrons. The summed E-state index contributed by atoms with van der Waals surface area (Å²) in [6, 6.07) is 10.3. The van der Waals surface area contributed by atoms with Crippen molar-refractivity contribution in [2.75, 3.05) is 0 Å². The molecule has 1 aromatic carbocycles. The lowest BCUT2D eigenvalue weighted by atomic mass is 10.0. The van der Waals surface area contributed by atoms with Crippen LogP contribution in [0.4, 0.5) is 0 Å². The maximum atomic E-state index is 6.53. The molecule has 1 aliphatic rings. The van der Waals surface area contributed by atoms with Gasteiger partial charge in [0.25, 0.3) is 0 Å². The topological polar surface area (TPSA) is 12.9 Å². The average Bonchev–Trinajstić information content (AvgIpc) is 2.48. The number of alkyl halides is 1. The third kappa shape index (κ3) is 1.94. The summed E-state index contributed by atoms with van der Waals surface area (Å²) in [7, 11) is 0. The minimum Gasteiger partial charge on any atom is -0.258 e. The largest absolute Gasteiger partial charge is 0.258 e. The number of benzene rings is 1. The number of hydrogen-bond acceptors (Lipinski definition) is 1. The van der Waals surface area contributed by atoms with Gasteiger partial charge >= 0.3 is 0 Å². The second kappa shape index (κ2) is 4.32. The standard InChI is InChI=1S/C14H11Cl2N/c15-11-7-10-6-5-9-3-1-2-4-12(9)13(16)14(10)17-8-11/h1-4,7-8,13H,5-6H2. The molecule has 2 aromatic rings. The Kier molecular flexibility index (Phi) is 2.81. The van der Waals surface area contributed by atoms with E-state index in [-0.39, 0.29) is 5.38 Å². The second-order valence-corrected chi connectivity index (χ2v) is 5.13. The van der Waals surface area contributed by atoms with E-state index in [4.69, 9.17) is 23.2 Å². The third-order valence-corrected chi connectivity index (χ3v) is 3.85. The smallest absolute Gasteiger partial charge is 0.101 e. The summed E-state index contributed by atoms with van der Waals surface area (Å²) >= 11 is 12.5. The molecule has 0 saturated heterocycles. The Balaban J connectivity index is 2.16. The summed E-state index contributed by atoms with van der Waals surface area (Å²) in [6.45, 7) is 0. The van der Waals surface area contributed by atoms with Gasteiger partial charge in [0, 0.05) is 6.20 Å². The van der Waals surface area contributed by atoms with Crippen molar-refractivity contribution in [2.24, 2.45) is 0 Å². The Morgan fingerprint density at radius 1 is 1.12 bits per heavy atom. The fourth-order valence-electron chi connectivity index (χ4n) is 2.35. The van der Waals surface area contributed by atoms with Gasteiger partial charge in [-0.1, -0.05) is 35.9 Å². The van der Waals surface area contributed by atoms with Gasteiger partial charge in [0.05, 0.1) is 10.7 Å². The van der Waals surface area contributed by atoms with Crippen LogP contribution in [0.15, 0.2) is 36.5 Å². The van der Waals surface area contributed by atoms with Crippen LogP contribution in [0.25, 0.3) is 0 Å². The molecule has 1 unspecified atom stereocenters. The molecule has 3 heteroatoms. The molecule has 0 spiro atoms. The van der Waals surface area contributed by atoms with Gasteiger partial charge < -0.3 is 0 Å². The van der Waals surface area contributed by atoms with Crippen molar-refractivity contribution in [3.63, 3.8) is 0 Å². The van der Waals surface area contributed by atoms with Crippen LogP contribution in [0.1, 0.15) is 27.8 Å². The quantitative estimate of drug-likeness (QED) is 0.651. The summed E-state index contributed by atoms with van der Waals surface area (Å²) in [5, 5.41) is 0.513. The van der Waals surface area contributed by atoms with Crippen LogP contribution in [-0.2, 0) is 12.8 Å². The summed E-state index contributed by atoms with van der Waals surface area (Å²) in [4.78, 5) is 4.39. The molecule has 1 aromatic heterocycles. The van der Waals surface area contributed by atoms with Crippen LogP contribution in [0.2, 0.25) is 5.02 Å². The van der Waals surface area contributed by atoms with Gasteiger partial charge in [0.1, 0.15) is 5.38 Å². The van der Waals surface area contributed by atoms with E-state index in [1.54, 1.807) is 6.20 Å². The van der Waals surface area contributed by atoms with Gasteiger partial charge in [0.2, 0.25) is 0 Å². The van der Waals surface area contributed by atoms with Crippen LogP contribution < -0.4 is 0 Å². The first-order chi connectivity index (χ1) is 8.25. The first-order valence-electron chi connectivity index (χ1n) is 5.62. The van der Waals surface area contributed by atoms with Crippen LogP contribution in [-0.4, -0.2) is 4.98 Å². The minimum absolute atomic E-state index is 0.166. The molecule has 0 aliphatic heterocycles. The minimum atomic E-state index is -0.166. The van der Waals surface area contributed by atoms with Gasteiger partial charge in [-0.3, -0.25) is 4.98 Å². The SMILES string of the molecule is Clc1cnc2c(c1)CCc1ccccc1C2Cl. The van der Waals surface area contributed by atoms with E-state index < -0.39 is 0 Å². The first-order valence-corrected chi connectivity index (χ1v) is 6.43. The zero-order chi connectivity index (χ0) is 11.8. The fraction of sp³-hybridized carbons (Fsp3) is 0.214. The Hall–Kier alpha value is -1.05. The van der Waals surface area contributed by atoms with Gasteiger partial charge in [-0.15, -0.1) is 11.6 Å². The van der Waals surface area contributed by atoms with Crippen molar-refractivity contribution < 1.29 is 0 Å². The van der Waals surface area contributed by atoms with E-state index in [1.165, 1.54) is 11.1 Å². The number of rotatable bonds is 0. The zero-order valence-corrected chi connectivity index (χ0v) is 10.7. The molecule has 1 nitrogen and oxygen atoms in total. The number of aromatic nitrogens is 1. The van der Waals surface area contributed by atoms with Gasteiger partial charge in [-0.05, 0) is 35.6 Å². The highest BCUT2D eigenvalue weighted by molar-refractivity contribution is 6.30. The molecular formula is C14H11Cl2N. The second-order valence-electron chi connectivity index (χ2n) is 4.26. The number of aryl methyl sites for hydroxylation is 2. The van der Waals surface area contributed by atoms with Gasteiger partial charge in [0.15, 0.2) is 0 Å². The number of halogens is 2. The highest BCUT2D eigenvalue weighted by Gasteiger charge is 2.22. The maximum absolute atomic E-state index is 6.53. The van der Waals surface area contributed by atoms with Crippen molar-refractivity contribution in [3.05, 3.63) is 63.9 Å². The van der Waals surface area contributed by atoms with E-state index >= 15 is 0 Å². The molecule has 3 rings (SSSR count). The molecule has 0 bridgehead atoms. The lowest BCUT2D eigenvalue weighted by Crippen LogP contribution is -1.99. The lowest BCUT2D eigenvalue weighted by molar-refractivity contribution is 0.950. The van der Waals surface area contributed by atoms with E-state index in [0.717, 1.165) is 24.1 Å². The van der Waals surface area contributed by atoms with Gasteiger partial charge in [-0.25, -0.2) is 0 Å². The van der Waals surface area contributed by atoms with Crippen LogP contribution >= 0.6 is 23.2 Å². The molecule has 0 saturated carbocycles. The first kappa shape index (κ1) is 11.1. The van der Waals surface area contributed by atoms with Crippen molar-refractivity contribution in [3.8, 4) is 0 Å². The van der Waals surface area contributed by atoms with Crippen LogP contribution in [0.5, 0.6) is 0 Å². The maximum Gasteiger partial charge on any atom is 0.101 e. The summed E-state index contributed by atoms with van der Waals surface area (Å²) in [6.07, 6.45) is 3.61. The lowest BCUT2D eigenvalue weighted by Gasteiger charge is -2.12. The van der Waals surface area contributed by atoms with E-state index in [9.17, 15) is 0 Å². The summed E-state index contributed by atoms with van der Waals surface area (Å²) in [5.74, 6) is 0. The van der Waals surface area contributed by atoms with Crippen molar-refractivity contribution in [1.82, 2.24) is 4.98 Å². The molecule has 0 radical (unpaired) electrons. The molecule has 0 fully saturated rings. The number of hydrogen-bond donors (Lipinski definition) is 0. The zero-order valence-electron chi connectivity index (χ0n) is 9.16. The fourth-order valence-corrected chi connectivity index (χ4v) is 2.94. The number of fused-ring (bicyclic) bond motifs is 2. The van der Waals surface area contributed by atoms with Crippen LogP contribution in [0, 0.1) is 0 Å². The Labute approximate surface area is 110 Å². The monoisotopic (exact) mass is 263 g/mol. The van der Waals surface area contributed by atoms with Crippen molar-refractivity contribution in [1.29, 1.82) is 0 Å². The van der Waals surface area contributed by atoms with Crippen molar-refractivity contribution in [2.45, 2.75) is 18.2 Å². The molecule has 1 aliphatic carbocycles. The Bertz CT molecular complexity index is 566. The highest BCUT2D eigenvalue weighted by Crippen LogP contribution is 2.36. The highest BCUT2D eigenvalue weighted by atomic mass is 35.5. The Morgan fingerprint density at radius 2 is 1.88 bits per heavy atom. The molecule has 0 N–H and O–H groups in total. The Morgan fingerprint density at radius 3 is 2.76 bits per heavy atom. The predicted octanol–water partition coefficient (Wildman–Crippen LogP) is 4.16.